The highest BCUT2D eigenvalue weighted by molar-refractivity contribution is 6.25. The maximum absolute atomic E-state index is 8.55. The van der Waals surface area contributed by atoms with Crippen LogP contribution in [0.2, 0.25) is 0 Å². The van der Waals surface area contributed by atoms with Crippen LogP contribution in [0.3, 0.4) is 0 Å². The van der Waals surface area contributed by atoms with Crippen LogP contribution in [0.4, 0.5) is 0 Å². The third-order valence-corrected chi connectivity index (χ3v) is 1.91. The molecule has 0 fully saturated rings. The minimum absolute atomic E-state index is 0.0541. The molecule has 0 bridgehead atoms. The van der Waals surface area contributed by atoms with E-state index in [1.807, 2.05) is 25.8 Å². The molecular weight excluding hydrogens is 160 g/mol. The van der Waals surface area contributed by atoms with Crippen LogP contribution in [-0.4, -0.2) is 24.5 Å². The predicted octanol–water partition coefficient (Wildman–Crippen LogP) is 1.97. The Labute approximate surface area is 73.1 Å². The molecular formula is C8H13ClN2. The molecule has 2 nitrogen and oxygen atoms in total. The Hall–Kier alpha value is -0.520. The molecule has 62 valence electrons. The molecule has 0 saturated heterocycles. The second-order valence-electron chi connectivity index (χ2n) is 2.68. The van der Waals surface area contributed by atoms with Crippen molar-refractivity contribution in [3.05, 3.63) is 11.1 Å². The van der Waals surface area contributed by atoms with Crippen LogP contribution in [0.5, 0.6) is 0 Å². The zero-order valence-corrected chi connectivity index (χ0v) is 7.89. The molecule has 0 aliphatic rings. The van der Waals surface area contributed by atoms with Crippen molar-refractivity contribution in [2.75, 3.05) is 13.6 Å². The van der Waals surface area contributed by atoms with E-state index in [0.29, 0.717) is 0 Å². The summed E-state index contributed by atoms with van der Waals surface area (Å²) in [5, 5.41) is 8.55. The van der Waals surface area contributed by atoms with Crippen LogP contribution < -0.4 is 0 Å². The van der Waals surface area contributed by atoms with Gasteiger partial charge < -0.3 is 0 Å². The fourth-order valence-corrected chi connectivity index (χ4v) is 0.732. The average molecular weight is 173 g/mol. The van der Waals surface area contributed by atoms with Gasteiger partial charge in [0.05, 0.1) is 12.1 Å². The molecule has 0 aliphatic carbocycles. The van der Waals surface area contributed by atoms with Crippen molar-refractivity contribution in [2.45, 2.75) is 19.9 Å². The van der Waals surface area contributed by atoms with Gasteiger partial charge in [-0.1, -0.05) is 11.6 Å². The molecule has 0 aromatic rings. The molecule has 0 aliphatic heterocycles. The van der Waals surface area contributed by atoms with Crippen LogP contribution in [0.25, 0.3) is 0 Å². The molecule has 1 unspecified atom stereocenters. The van der Waals surface area contributed by atoms with Crippen molar-refractivity contribution >= 4 is 11.6 Å². The molecule has 3 heteroatoms. The molecule has 1 atom stereocenters. The first-order valence-electron chi connectivity index (χ1n) is 3.47. The van der Waals surface area contributed by atoms with E-state index in [4.69, 9.17) is 16.9 Å². The van der Waals surface area contributed by atoms with Crippen molar-refractivity contribution in [1.82, 2.24) is 4.90 Å². The third kappa shape index (κ3) is 4.02. The lowest BCUT2D eigenvalue weighted by atomic mass is 10.2. The van der Waals surface area contributed by atoms with Crippen molar-refractivity contribution in [1.29, 1.82) is 5.26 Å². The Bertz CT molecular complexity index is 181. The zero-order valence-electron chi connectivity index (χ0n) is 7.13. The van der Waals surface area contributed by atoms with Gasteiger partial charge in [0.1, 0.15) is 0 Å². The Balaban J connectivity index is 3.89. The van der Waals surface area contributed by atoms with Crippen molar-refractivity contribution in [2.24, 2.45) is 0 Å². The zero-order chi connectivity index (χ0) is 8.85. The summed E-state index contributed by atoms with van der Waals surface area (Å²) in [6.07, 6.45) is 0. The normalized spacial score (nSPS) is 14.7. The molecule has 0 N–H and O–H groups in total. The highest BCUT2D eigenvalue weighted by atomic mass is 35.5. The summed E-state index contributed by atoms with van der Waals surface area (Å²) in [5.74, 6) is 0. The minimum atomic E-state index is -0.0541. The van der Waals surface area contributed by atoms with Gasteiger partial charge in [0.25, 0.3) is 0 Å². The van der Waals surface area contributed by atoms with Gasteiger partial charge in [-0.2, -0.15) is 5.26 Å². The highest BCUT2D eigenvalue weighted by Crippen LogP contribution is 2.01. The molecule has 0 amide bonds. The Kier molecular flexibility index (Phi) is 4.93. The first-order chi connectivity index (χ1) is 5.11. The van der Waals surface area contributed by atoms with Crippen LogP contribution in [0.1, 0.15) is 13.8 Å². The fourth-order valence-electron chi connectivity index (χ4n) is 0.663. The van der Waals surface area contributed by atoms with Gasteiger partial charge in [-0.15, -0.1) is 0 Å². The van der Waals surface area contributed by atoms with E-state index in [9.17, 15) is 0 Å². The Morgan fingerprint density at radius 2 is 2.36 bits per heavy atom. The summed E-state index contributed by atoms with van der Waals surface area (Å²) in [4.78, 5) is 1.94. The van der Waals surface area contributed by atoms with Crippen LogP contribution in [0.15, 0.2) is 11.1 Å². The number of likely N-dealkylation sites (N-methyl/N-ethyl adjacent to an activating group) is 1. The monoisotopic (exact) mass is 172 g/mol. The number of hydrogen-bond acceptors (Lipinski definition) is 2. The number of rotatable bonds is 3. The molecule has 0 aromatic carbocycles. The van der Waals surface area contributed by atoms with Gasteiger partial charge in [-0.3, -0.25) is 4.90 Å². The van der Waals surface area contributed by atoms with Crippen LogP contribution in [-0.2, 0) is 0 Å². The number of nitrogens with zero attached hydrogens (tertiary/aromatic N) is 2. The van der Waals surface area contributed by atoms with E-state index in [0.717, 1.165) is 12.1 Å². The summed E-state index contributed by atoms with van der Waals surface area (Å²) in [7, 11) is 1.90. The third-order valence-electron chi connectivity index (χ3n) is 1.53. The summed E-state index contributed by atoms with van der Waals surface area (Å²) in [6, 6.07) is 2.10. The number of halogens is 1. The maximum atomic E-state index is 8.55. The summed E-state index contributed by atoms with van der Waals surface area (Å²) in [6.45, 7) is 4.55. The smallest absolute Gasteiger partial charge is 0.0949 e. The van der Waals surface area contributed by atoms with Gasteiger partial charge in [-0.25, -0.2) is 0 Å². The number of nitriles is 1. The van der Waals surface area contributed by atoms with Crippen LogP contribution in [0, 0.1) is 11.3 Å². The standard InChI is InChI=1S/C8H13ClN2/c1-7(4-9)6-11(3)8(2)5-10/h4,8H,6H2,1-3H3. The summed E-state index contributed by atoms with van der Waals surface area (Å²) >= 11 is 5.47. The lowest BCUT2D eigenvalue weighted by Gasteiger charge is -2.18. The van der Waals surface area contributed by atoms with Gasteiger partial charge in [0.2, 0.25) is 0 Å². The van der Waals surface area contributed by atoms with E-state index in [-0.39, 0.29) is 6.04 Å². The first-order valence-corrected chi connectivity index (χ1v) is 3.91. The first kappa shape index (κ1) is 10.5. The lowest BCUT2D eigenvalue weighted by molar-refractivity contribution is 0.328. The predicted molar refractivity (Wildman–Crippen MR) is 47.3 cm³/mol. The molecule has 0 aromatic heterocycles. The van der Waals surface area contributed by atoms with Crippen molar-refractivity contribution in [3.63, 3.8) is 0 Å². The van der Waals surface area contributed by atoms with Gasteiger partial charge >= 0.3 is 0 Å². The summed E-state index contributed by atoms with van der Waals surface area (Å²) in [5.41, 5.74) is 2.61. The molecule has 11 heavy (non-hydrogen) atoms. The van der Waals surface area contributed by atoms with Crippen molar-refractivity contribution < 1.29 is 0 Å². The van der Waals surface area contributed by atoms with Crippen molar-refractivity contribution in [3.8, 4) is 6.07 Å². The van der Waals surface area contributed by atoms with E-state index in [1.165, 1.54) is 0 Å². The molecule has 0 heterocycles. The Morgan fingerprint density at radius 3 is 2.73 bits per heavy atom. The molecule has 0 radical (unpaired) electrons. The average Bonchev–Trinajstić information content (AvgIpc) is 2.02. The minimum Gasteiger partial charge on any atom is -0.287 e. The molecule has 0 rings (SSSR count). The van der Waals surface area contributed by atoms with Gasteiger partial charge in [0.15, 0.2) is 0 Å². The van der Waals surface area contributed by atoms with E-state index < -0.39 is 0 Å². The fraction of sp³-hybridized carbons (Fsp3) is 0.625. The topological polar surface area (TPSA) is 27.0 Å². The van der Waals surface area contributed by atoms with Gasteiger partial charge in [0, 0.05) is 12.1 Å². The molecule has 0 spiro atoms. The maximum Gasteiger partial charge on any atom is 0.0949 e. The van der Waals surface area contributed by atoms with E-state index in [2.05, 4.69) is 6.07 Å². The molecule has 0 saturated carbocycles. The van der Waals surface area contributed by atoms with Crippen LogP contribution >= 0.6 is 11.6 Å². The SMILES string of the molecule is CC(=CCl)CN(C)C(C)C#N. The van der Waals surface area contributed by atoms with E-state index in [1.54, 1.807) is 5.54 Å². The second-order valence-corrected chi connectivity index (χ2v) is 2.89. The lowest BCUT2D eigenvalue weighted by Crippen LogP contribution is -2.28. The highest BCUT2D eigenvalue weighted by Gasteiger charge is 2.06. The van der Waals surface area contributed by atoms with Gasteiger partial charge in [-0.05, 0) is 26.5 Å². The number of hydrogen-bond donors (Lipinski definition) is 0. The second kappa shape index (κ2) is 5.17. The Morgan fingerprint density at radius 1 is 1.82 bits per heavy atom. The summed E-state index contributed by atoms with van der Waals surface area (Å²) < 4.78 is 0. The van der Waals surface area contributed by atoms with E-state index >= 15 is 0 Å². The largest absolute Gasteiger partial charge is 0.287 e. The quantitative estimate of drug-likeness (QED) is 0.651.